The zero-order chi connectivity index (χ0) is 24.1. The summed E-state index contributed by atoms with van der Waals surface area (Å²) in [5.74, 6) is 1.57. The number of methoxy groups -OCH3 is 2. The highest BCUT2D eigenvalue weighted by atomic mass is 32.1. The van der Waals surface area contributed by atoms with Gasteiger partial charge in [-0.15, -0.1) is 0 Å². The summed E-state index contributed by atoms with van der Waals surface area (Å²) < 4.78 is 16.7. The van der Waals surface area contributed by atoms with Crippen LogP contribution in [-0.2, 0) is 11.4 Å². The predicted molar refractivity (Wildman–Crippen MR) is 133 cm³/mol. The van der Waals surface area contributed by atoms with E-state index in [0.717, 1.165) is 11.1 Å². The monoisotopic (exact) mass is 471 g/mol. The summed E-state index contributed by atoms with van der Waals surface area (Å²) in [4.78, 5) is 14.6. The number of amides is 1. The molecule has 1 heterocycles. The second-order valence-electron chi connectivity index (χ2n) is 7.30. The molecule has 1 amide bonds. The van der Waals surface area contributed by atoms with Gasteiger partial charge < -0.3 is 19.5 Å². The van der Waals surface area contributed by atoms with E-state index in [1.54, 1.807) is 56.7 Å². The van der Waals surface area contributed by atoms with E-state index in [1.807, 2.05) is 30.3 Å². The number of nitriles is 1. The molecule has 1 fully saturated rings. The Kier molecular flexibility index (Phi) is 6.76. The van der Waals surface area contributed by atoms with E-state index in [2.05, 4.69) is 11.4 Å². The van der Waals surface area contributed by atoms with Crippen LogP contribution in [0.2, 0.25) is 0 Å². The number of hydrogen-bond acceptors (Lipinski definition) is 6. The molecule has 0 atom stereocenters. The average molecular weight is 472 g/mol. The number of hydrogen-bond donors (Lipinski definition) is 1. The van der Waals surface area contributed by atoms with Gasteiger partial charge in [-0.3, -0.25) is 4.79 Å². The molecule has 4 rings (SSSR count). The summed E-state index contributed by atoms with van der Waals surface area (Å²) in [7, 11) is 3.13. The number of nitrogens with one attached hydrogen (secondary N) is 1. The van der Waals surface area contributed by atoms with Crippen molar-refractivity contribution in [2.75, 3.05) is 19.1 Å². The molecule has 0 bridgehead atoms. The van der Waals surface area contributed by atoms with Gasteiger partial charge in [0.15, 0.2) is 5.11 Å². The predicted octanol–water partition coefficient (Wildman–Crippen LogP) is 4.42. The van der Waals surface area contributed by atoms with E-state index in [-0.39, 0.29) is 17.6 Å². The Bertz CT molecular complexity index is 1310. The number of carbonyl (C=O) groups excluding carboxylic acids is 1. The fourth-order valence-corrected chi connectivity index (χ4v) is 3.81. The van der Waals surface area contributed by atoms with E-state index in [0.29, 0.717) is 34.2 Å². The fourth-order valence-electron chi connectivity index (χ4n) is 3.52. The van der Waals surface area contributed by atoms with Crippen LogP contribution in [0.5, 0.6) is 17.2 Å². The molecule has 0 unspecified atom stereocenters. The molecular weight excluding hydrogens is 450 g/mol. The molecule has 1 aliphatic rings. The van der Waals surface area contributed by atoms with Crippen LogP contribution in [0, 0.1) is 11.3 Å². The van der Waals surface area contributed by atoms with Crippen LogP contribution < -0.4 is 24.4 Å². The van der Waals surface area contributed by atoms with Crippen molar-refractivity contribution in [2.24, 2.45) is 0 Å². The van der Waals surface area contributed by atoms with Crippen molar-refractivity contribution in [3.05, 3.63) is 89.1 Å². The van der Waals surface area contributed by atoms with E-state index in [4.69, 9.17) is 31.7 Å². The lowest BCUT2D eigenvalue weighted by Crippen LogP contribution is -2.30. The Morgan fingerprint density at radius 1 is 1.03 bits per heavy atom. The highest BCUT2D eigenvalue weighted by Gasteiger charge is 2.33. The molecule has 1 saturated heterocycles. The third kappa shape index (κ3) is 4.70. The summed E-state index contributed by atoms with van der Waals surface area (Å²) in [6.07, 6.45) is 1.73. The maximum absolute atomic E-state index is 13.1. The van der Waals surface area contributed by atoms with Crippen LogP contribution in [0.15, 0.2) is 72.4 Å². The Morgan fingerprint density at radius 3 is 2.47 bits per heavy atom. The van der Waals surface area contributed by atoms with Gasteiger partial charge in [0, 0.05) is 5.56 Å². The van der Waals surface area contributed by atoms with Gasteiger partial charge >= 0.3 is 0 Å². The van der Waals surface area contributed by atoms with Crippen LogP contribution in [0.1, 0.15) is 16.7 Å². The molecule has 0 aromatic heterocycles. The van der Waals surface area contributed by atoms with Crippen molar-refractivity contribution in [3.8, 4) is 23.3 Å². The van der Waals surface area contributed by atoms with Gasteiger partial charge in [-0.05, 0) is 72.4 Å². The lowest BCUT2D eigenvalue weighted by molar-refractivity contribution is -0.113. The number of ether oxygens (including phenoxy) is 3. The lowest BCUT2D eigenvalue weighted by Gasteiger charge is -2.17. The first-order valence-corrected chi connectivity index (χ1v) is 10.7. The van der Waals surface area contributed by atoms with E-state index in [1.165, 1.54) is 4.90 Å². The van der Waals surface area contributed by atoms with Gasteiger partial charge in [-0.2, -0.15) is 5.26 Å². The summed E-state index contributed by atoms with van der Waals surface area (Å²) in [6.45, 7) is 0.249. The lowest BCUT2D eigenvalue weighted by atomic mass is 10.1. The molecule has 0 aliphatic carbocycles. The number of thiocarbonyl (C=S) groups is 1. The number of benzene rings is 3. The van der Waals surface area contributed by atoms with Crippen molar-refractivity contribution in [1.82, 2.24) is 5.32 Å². The molecule has 34 heavy (non-hydrogen) atoms. The first-order valence-electron chi connectivity index (χ1n) is 10.3. The van der Waals surface area contributed by atoms with E-state index >= 15 is 0 Å². The third-order valence-corrected chi connectivity index (χ3v) is 5.48. The largest absolute Gasteiger partial charge is 0.496 e. The van der Waals surface area contributed by atoms with Gasteiger partial charge in [-0.25, -0.2) is 4.90 Å². The Morgan fingerprint density at radius 2 is 1.76 bits per heavy atom. The molecular formula is C26H21N3O4S. The highest BCUT2D eigenvalue weighted by molar-refractivity contribution is 7.80. The van der Waals surface area contributed by atoms with Crippen LogP contribution in [0.25, 0.3) is 6.08 Å². The van der Waals surface area contributed by atoms with Crippen LogP contribution >= 0.6 is 12.2 Å². The topological polar surface area (TPSA) is 83.8 Å². The summed E-state index contributed by atoms with van der Waals surface area (Å²) >= 11 is 5.42. The van der Waals surface area contributed by atoms with Crippen molar-refractivity contribution >= 4 is 35.0 Å². The first-order chi connectivity index (χ1) is 16.5. The molecule has 7 nitrogen and oxygen atoms in total. The van der Waals surface area contributed by atoms with Gasteiger partial charge in [0.1, 0.15) is 29.6 Å². The average Bonchev–Trinajstić information content (AvgIpc) is 3.15. The SMILES string of the molecule is COc1ccc(/C=C2/NC(=S)N(c3ccccc3OC)C2=O)cc1COc1ccc(C#N)cc1. The minimum absolute atomic E-state index is 0.249. The summed E-state index contributed by atoms with van der Waals surface area (Å²) in [5, 5.41) is 12.2. The molecule has 170 valence electrons. The van der Waals surface area contributed by atoms with Crippen LogP contribution in [0.4, 0.5) is 5.69 Å². The maximum atomic E-state index is 13.1. The van der Waals surface area contributed by atoms with Gasteiger partial charge in [0.2, 0.25) is 0 Å². The number of carbonyl (C=O) groups is 1. The Balaban J connectivity index is 1.57. The smallest absolute Gasteiger partial charge is 0.281 e. The zero-order valence-corrected chi connectivity index (χ0v) is 19.4. The normalized spacial score (nSPS) is 14.0. The van der Waals surface area contributed by atoms with Crippen LogP contribution in [-0.4, -0.2) is 25.2 Å². The number of anilines is 1. The first kappa shape index (κ1) is 22.8. The van der Waals surface area contributed by atoms with Crippen molar-refractivity contribution < 1.29 is 19.0 Å². The number of para-hydroxylation sites is 2. The van der Waals surface area contributed by atoms with E-state index in [9.17, 15) is 4.79 Å². The highest BCUT2D eigenvalue weighted by Crippen LogP contribution is 2.31. The standard InChI is InChI=1S/C26H21N3O4S/c1-31-23-12-9-18(13-19(23)16-33-20-10-7-17(15-27)8-11-20)14-21-25(30)29(26(34)28-21)22-5-3-4-6-24(22)32-2/h3-14H,16H2,1-2H3,(H,28,34)/b21-14+. The molecule has 0 saturated carbocycles. The fraction of sp³-hybridized carbons (Fsp3) is 0.115. The number of rotatable bonds is 7. The Hall–Kier alpha value is -4.35. The molecule has 1 aliphatic heterocycles. The third-order valence-electron chi connectivity index (χ3n) is 5.20. The minimum Gasteiger partial charge on any atom is -0.496 e. The van der Waals surface area contributed by atoms with Gasteiger partial charge in [-0.1, -0.05) is 18.2 Å². The quantitative estimate of drug-likeness (QED) is 0.403. The van der Waals surface area contributed by atoms with Gasteiger partial charge in [0.05, 0.1) is 31.5 Å². The van der Waals surface area contributed by atoms with Crippen molar-refractivity contribution in [1.29, 1.82) is 5.26 Å². The molecule has 8 heteroatoms. The van der Waals surface area contributed by atoms with Gasteiger partial charge in [0.25, 0.3) is 5.91 Å². The summed E-state index contributed by atoms with van der Waals surface area (Å²) in [6, 6.07) is 21.7. The van der Waals surface area contributed by atoms with Crippen molar-refractivity contribution in [3.63, 3.8) is 0 Å². The second-order valence-corrected chi connectivity index (χ2v) is 7.68. The second kappa shape index (κ2) is 10.1. The van der Waals surface area contributed by atoms with Crippen LogP contribution in [0.3, 0.4) is 0 Å². The molecule has 1 N–H and O–H groups in total. The Labute approximate surface area is 202 Å². The number of nitrogens with zero attached hydrogens (tertiary/aromatic N) is 2. The van der Waals surface area contributed by atoms with Crippen molar-refractivity contribution in [2.45, 2.75) is 6.61 Å². The molecule has 0 spiro atoms. The molecule has 3 aromatic rings. The summed E-state index contributed by atoms with van der Waals surface area (Å²) in [5.41, 5.74) is 3.06. The molecule has 0 radical (unpaired) electrons. The zero-order valence-electron chi connectivity index (χ0n) is 18.6. The van der Waals surface area contributed by atoms with E-state index < -0.39 is 0 Å². The molecule has 3 aromatic carbocycles. The maximum Gasteiger partial charge on any atom is 0.281 e. The minimum atomic E-state index is -0.277.